The molecule has 2 rings (SSSR count). The molecule has 0 aromatic carbocycles. The minimum atomic E-state index is -4.02. The summed E-state index contributed by atoms with van der Waals surface area (Å²) in [5.41, 5.74) is -0.165. The van der Waals surface area contributed by atoms with Crippen LogP contribution < -0.4 is 5.32 Å². The number of aromatic nitrogens is 2. The molecule has 9 nitrogen and oxygen atoms in total. The Hall–Kier alpha value is -1.94. The number of aromatic amines is 1. The molecule has 0 saturated carbocycles. The number of hydrogen-bond donors (Lipinski definition) is 2. The fourth-order valence-electron chi connectivity index (χ4n) is 1.94. The molecule has 2 N–H and O–H groups in total. The lowest BCUT2D eigenvalue weighted by atomic mass is 10.4. The summed E-state index contributed by atoms with van der Waals surface area (Å²) in [5.74, 6) is -1.16. The Balaban J connectivity index is 2.33. The van der Waals surface area contributed by atoms with E-state index >= 15 is 0 Å². The maximum Gasteiger partial charge on any atom is 0.342 e. The Labute approximate surface area is 121 Å². The summed E-state index contributed by atoms with van der Waals surface area (Å²) in [6.45, 7) is 2.05. The number of carbonyl (C=O) groups excluding carboxylic acids is 2. The lowest BCUT2D eigenvalue weighted by Gasteiger charge is -2.18. The third-order valence-electron chi connectivity index (χ3n) is 2.92. The predicted molar refractivity (Wildman–Crippen MR) is 70.9 cm³/mol. The number of H-pyrrole nitrogens is 1. The van der Waals surface area contributed by atoms with Crippen molar-refractivity contribution in [2.45, 2.75) is 18.4 Å². The van der Waals surface area contributed by atoms with Crippen LogP contribution in [0.1, 0.15) is 23.7 Å². The van der Waals surface area contributed by atoms with E-state index in [9.17, 15) is 18.0 Å². The van der Waals surface area contributed by atoms with Crippen LogP contribution >= 0.6 is 0 Å². The molecular formula is C11H16N4O5S. The van der Waals surface area contributed by atoms with Gasteiger partial charge in [-0.05, 0) is 13.3 Å². The Kier molecular flexibility index (Phi) is 4.58. The summed E-state index contributed by atoms with van der Waals surface area (Å²) < 4.78 is 30.9. The fourth-order valence-corrected chi connectivity index (χ4v) is 3.43. The highest BCUT2D eigenvalue weighted by Crippen LogP contribution is 2.19. The third-order valence-corrected chi connectivity index (χ3v) is 4.74. The van der Waals surface area contributed by atoms with E-state index in [2.05, 4.69) is 15.5 Å². The van der Waals surface area contributed by atoms with Gasteiger partial charge < -0.3 is 10.1 Å². The Bertz CT molecular complexity index is 639. The number of rotatable bonds is 4. The zero-order valence-corrected chi connectivity index (χ0v) is 12.3. The second-order valence-electron chi connectivity index (χ2n) is 4.38. The standard InChI is InChI=1S/C11H16N4O5S/c1-2-20-11(17)8-6-13-14-10(8)21(18,19)15-5-3-4-12-9(16)7-15/h6H,2-5,7H2,1H3,(H,12,16)(H,13,14). The number of ether oxygens (including phenoxy) is 1. The molecule has 21 heavy (non-hydrogen) atoms. The van der Waals surface area contributed by atoms with Crippen LogP contribution in [0.4, 0.5) is 0 Å². The summed E-state index contributed by atoms with van der Waals surface area (Å²) in [5, 5.41) is 8.14. The summed E-state index contributed by atoms with van der Waals surface area (Å²) in [4.78, 5) is 23.2. The van der Waals surface area contributed by atoms with Gasteiger partial charge in [0.2, 0.25) is 5.91 Å². The Morgan fingerprint density at radius 2 is 2.29 bits per heavy atom. The van der Waals surface area contributed by atoms with Crippen molar-refractivity contribution in [3.63, 3.8) is 0 Å². The molecule has 1 aromatic rings. The van der Waals surface area contributed by atoms with E-state index < -0.39 is 16.0 Å². The van der Waals surface area contributed by atoms with E-state index in [4.69, 9.17) is 4.74 Å². The topological polar surface area (TPSA) is 121 Å². The van der Waals surface area contributed by atoms with E-state index in [1.165, 1.54) is 0 Å². The van der Waals surface area contributed by atoms with E-state index in [0.717, 1.165) is 10.5 Å². The first-order valence-electron chi connectivity index (χ1n) is 6.44. The van der Waals surface area contributed by atoms with Gasteiger partial charge in [-0.15, -0.1) is 0 Å². The van der Waals surface area contributed by atoms with Crippen LogP contribution in [-0.4, -0.2) is 61.0 Å². The second-order valence-corrected chi connectivity index (χ2v) is 6.25. The van der Waals surface area contributed by atoms with Gasteiger partial charge in [0, 0.05) is 13.1 Å². The van der Waals surface area contributed by atoms with Gasteiger partial charge in [0.25, 0.3) is 10.0 Å². The van der Waals surface area contributed by atoms with Gasteiger partial charge in [-0.1, -0.05) is 0 Å². The number of hydrogen-bond acceptors (Lipinski definition) is 6. The molecule has 0 spiro atoms. The molecule has 1 amide bonds. The first-order chi connectivity index (χ1) is 9.96. The SMILES string of the molecule is CCOC(=O)c1cn[nH]c1S(=O)(=O)N1CCCNC(=O)C1. The van der Waals surface area contributed by atoms with E-state index in [0.29, 0.717) is 13.0 Å². The molecule has 1 saturated heterocycles. The van der Waals surface area contributed by atoms with Gasteiger partial charge in [0.1, 0.15) is 5.56 Å². The quantitative estimate of drug-likeness (QED) is 0.694. The fraction of sp³-hybridized carbons (Fsp3) is 0.545. The van der Waals surface area contributed by atoms with Crippen LogP contribution in [0.5, 0.6) is 0 Å². The smallest absolute Gasteiger partial charge is 0.342 e. The minimum absolute atomic E-state index is 0.121. The van der Waals surface area contributed by atoms with E-state index in [-0.39, 0.29) is 36.2 Å². The maximum absolute atomic E-state index is 12.5. The maximum atomic E-state index is 12.5. The molecular weight excluding hydrogens is 300 g/mol. The highest BCUT2D eigenvalue weighted by molar-refractivity contribution is 7.89. The minimum Gasteiger partial charge on any atom is -0.462 e. The molecule has 2 heterocycles. The average Bonchev–Trinajstić information content (AvgIpc) is 2.83. The van der Waals surface area contributed by atoms with Crippen molar-refractivity contribution in [3.05, 3.63) is 11.8 Å². The summed E-state index contributed by atoms with van der Waals surface area (Å²) in [7, 11) is -4.02. The summed E-state index contributed by atoms with van der Waals surface area (Å²) >= 11 is 0. The van der Waals surface area contributed by atoms with Gasteiger partial charge in [-0.2, -0.15) is 9.40 Å². The van der Waals surface area contributed by atoms with Gasteiger partial charge in [-0.3, -0.25) is 9.89 Å². The first-order valence-corrected chi connectivity index (χ1v) is 7.88. The number of nitrogens with zero attached hydrogens (tertiary/aromatic N) is 2. The largest absolute Gasteiger partial charge is 0.462 e. The van der Waals surface area contributed by atoms with Crippen molar-refractivity contribution in [1.82, 2.24) is 19.8 Å². The number of nitrogens with one attached hydrogen (secondary N) is 2. The van der Waals surface area contributed by atoms with Crippen LogP contribution in [0.2, 0.25) is 0 Å². The van der Waals surface area contributed by atoms with Crippen molar-refractivity contribution in [3.8, 4) is 0 Å². The highest BCUT2D eigenvalue weighted by atomic mass is 32.2. The molecule has 0 bridgehead atoms. The monoisotopic (exact) mass is 316 g/mol. The zero-order valence-electron chi connectivity index (χ0n) is 11.5. The van der Waals surface area contributed by atoms with Gasteiger partial charge in [0.05, 0.1) is 19.3 Å². The molecule has 1 fully saturated rings. The van der Waals surface area contributed by atoms with Gasteiger partial charge in [-0.25, -0.2) is 13.2 Å². The second kappa shape index (κ2) is 6.22. The van der Waals surface area contributed by atoms with Crippen molar-refractivity contribution in [1.29, 1.82) is 0 Å². The average molecular weight is 316 g/mol. The lowest BCUT2D eigenvalue weighted by Crippen LogP contribution is -2.38. The number of sulfonamides is 1. The number of carbonyl (C=O) groups is 2. The molecule has 1 aliphatic heterocycles. The molecule has 116 valence electrons. The van der Waals surface area contributed by atoms with Crippen molar-refractivity contribution in [2.24, 2.45) is 0 Å². The Morgan fingerprint density at radius 3 is 3.00 bits per heavy atom. The lowest BCUT2D eigenvalue weighted by molar-refractivity contribution is -0.120. The van der Waals surface area contributed by atoms with Crippen LogP contribution in [0, 0.1) is 0 Å². The number of esters is 1. The van der Waals surface area contributed by atoms with E-state index in [1.54, 1.807) is 6.92 Å². The van der Waals surface area contributed by atoms with Crippen LogP contribution in [0.15, 0.2) is 11.2 Å². The molecule has 0 atom stereocenters. The molecule has 10 heteroatoms. The molecule has 0 radical (unpaired) electrons. The van der Waals surface area contributed by atoms with Crippen LogP contribution in [0.3, 0.4) is 0 Å². The van der Waals surface area contributed by atoms with Crippen LogP contribution in [0.25, 0.3) is 0 Å². The van der Waals surface area contributed by atoms with Crippen molar-refractivity contribution >= 4 is 21.9 Å². The third kappa shape index (κ3) is 3.22. The van der Waals surface area contributed by atoms with E-state index in [1.807, 2.05) is 0 Å². The normalized spacial score (nSPS) is 17.1. The summed E-state index contributed by atoms with van der Waals surface area (Å²) in [6.07, 6.45) is 1.59. The molecule has 1 aliphatic rings. The predicted octanol–water partition coefficient (Wildman–Crippen LogP) is -0.903. The van der Waals surface area contributed by atoms with Crippen LogP contribution in [-0.2, 0) is 19.6 Å². The zero-order chi connectivity index (χ0) is 15.5. The Morgan fingerprint density at radius 1 is 1.52 bits per heavy atom. The molecule has 1 aromatic heterocycles. The summed E-state index contributed by atoms with van der Waals surface area (Å²) in [6, 6.07) is 0. The molecule has 0 unspecified atom stereocenters. The van der Waals surface area contributed by atoms with Crippen molar-refractivity contribution < 1.29 is 22.7 Å². The van der Waals surface area contributed by atoms with Crippen molar-refractivity contribution in [2.75, 3.05) is 26.2 Å². The first kappa shape index (κ1) is 15.4. The molecule has 0 aliphatic carbocycles. The number of amides is 1. The van der Waals surface area contributed by atoms with Gasteiger partial charge in [0.15, 0.2) is 5.03 Å². The van der Waals surface area contributed by atoms with Gasteiger partial charge >= 0.3 is 5.97 Å². The highest BCUT2D eigenvalue weighted by Gasteiger charge is 2.33.